The molecule has 2 aliphatic rings. The molecule has 4 unspecified atom stereocenters. The number of carbonyl (C=O) groups excluding carboxylic acids is 1. The molecule has 4 nitrogen and oxygen atoms in total. The Labute approximate surface area is 120 Å². The van der Waals surface area contributed by atoms with Crippen LogP contribution in [0.4, 0.5) is 0 Å². The van der Waals surface area contributed by atoms with E-state index < -0.39 is 0 Å². The maximum atomic E-state index is 12.2. The van der Waals surface area contributed by atoms with Crippen molar-refractivity contribution in [2.24, 2.45) is 17.8 Å². The SMILES string of the molecule is CCn1ccc(C(C)NC(=O)CC2CC3CCC2C3)n1. The molecule has 4 heteroatoms. The lowest BCUT2D eigenvalue weighted by molar-refractivity contribution is -0.123. The number of fused-ring (bicyclic) bond motifs is 2. The van der Waals surface area contributed by atoms with E-state index in [0.29, 0.717) is 12.3 Å². The Hall–Kier alpha value is -1.32. The summed E-state index contributed by atoms with van der Waals surface area (Å²) >= 11 is 0. The smallest absolute Gasteiger partial charge is 0.220 e. The number of hydrogen-bond donors (Lipinski definition) is 1. The van der Waals surface area contributed by atoms with E-state index in [1.54, 1.807) is 0 Å². The minimum absolute atomic E-state index is 0.00823. The molecule has 0 radical (unpaired) electrons. The van der Waals surface area contributed by atoms with E-state index in [4.69, 9.17) is 0 Å². The average Bonchev–Trinajstić information content (AvgIpc) is 3.14. The molecular formula is C16H25N3O. The van der Waals surface area contributed by atoms with Crippen molar-refractivity contribution < 1.29 is 4.79 Å². The molecule has 110 valence electrons. The van der Waals surface area contributed by atoms with Crippen LogP contribution in [0.2, 0.25) is 0 Å². The number of amides is 1. The molecule has 4 atom stereocenters. The van der Waals surface area contributed by atoms with Crippen molar-refractivity contribution in [3.8, 4) is 0 Å². The molecule has 3 rings (SSSR count). The largest absolute Gasteiger partial charge is 0.348 e. The predicted molar refractivity (Wildman–Crippen MR) is 78.0 cm³/mol. The van der Waals surface area contributed by atoms with Crippen LogP contribution < -0.4 is 5.32 Å². The summed E-state index contributed by atoms with van der Waals surface area (Å²) in [6, 6.07) is 2.00. The zero-order valence-electron chi connectivity index (χ0n) is 12.5. The molecule has 1 heterocycles. The molecule has 1 aromatic heterocycles. The molecule has 2 saturated carbocycles. The van der Waals surface area contributed by atoms with Gasteiger partial charge in [0.15, 0.2) is 0 Å². The maximum absolute atomic E-state index is 12.2. The summed E-state index contributed by atoms with van der Waals surface area (Å²) in [5, 5.41) is 7.56. The fourth-order valence-electron chi connectivity index (χ4n) is 4.02. The lowest BCUT2D eigenvalue weighted by atomic mass is 9.86. The fourth-order valence-corrected chi connectivity index (χ4v) is 4.02. The second-order valence-corrected chi connectivity index (χ2v) is 6.52. The number of aryl methyl sites for hydroxylation is 1. The van der Waals surface area contributed by atoms with Crippen molar-refractivity contribution in [2.75, 3.05) is 0 Å². The standard InChI is InChI=1S/C16H25N3O/c1-3-19-7-6-15(18-19)11(2)17-16(20)10-14-9-12-4-5-13(14)8-12/h6-7,11-14H,3-5,8-10H2,1-2H3,(H,17,20). The lowest BCUT2D eigenvalue weighted by Crippen LogP contribution is -2.30. The third-order valence-corrected chi connectivity index (χ3v) is 5.14. The zero-order chi connectivity index (χ0) is 14.1. The number of nitrogens with one attached hydrogen (secondary N) is 1. The summed E-state index contributed by atoms with van der Waals surface area (Å²) in [6.07, 6.45) is 8.06. The molecule has 0 aliphatic heterocycles. The number of carbonyl (C=O) groups is 1. The van der Waals surface area contributed by atoms with E-state index in [-0.39, 0.29) is 11.9 Å². The van der Waals surface area contributed by atoms with Gasteiger partial charge in [-0.15, -0.1) is 0 Å². The van der Waals surface area contributed by atoms with Crippen LogP contribution in [0.25, 0.3) is 0 Å². The summed E-state index contributed by atoms with van der Waals surface area (Å²) in [7, 11) is 0. The highest BCUT2D eigenvalue weighted by atomic mass is 16.1. The van der Waals surface area contributed by atoms with Gasteiger partial charge in [-0.2, -0.15) is 5.10 Å². The first kappa shape index (κ1) is 13.7. The molecule has 0 aromatic carbocycles. The van der Waals surface area contributed by atoms with Crippen LogP contribution >= 0.6 is 0 Å². The predicted octanol–water partition coefficient (Wildman–Crippen LogP) is 2.91. The first-order chi connectivity index (χ1) is 9.65. The quantitative estimate of drug-likeness (QED) is 0.898. The van der Waals surface area contributed by atoms with E-state index in [2.05, 4.69) is 17.3 Å². The Morgan fingerprint density at radius 2 is 2.35 bits per heavy atom. The molecule has 2 aliphatic carbocycles. The minimum atomic E-state index is 0.00823. The zero-order valence-corrected chi connectivity index (χ0v) is 12.5. The lowest BCUT2D eigenvalue weighted by Gasteiger charge is -2.21. The van der Waals surface area contributed by atoms with Gasteiger partial charge in [-0.05, 0) is 56.9 Å². The van der Waals surface area contributed by atoms with Crippen LogP contribution in [-0.4, -0.2) is 15.7 Å². The Kier molecular flexibility index (Phi) is 3.81. The summed E-state index contributed by atoms with van der Waals surface area (Å²) < 4.78 is 1.90. The molecule has 20 heavy (non-hydrogen) atoms. The number of nitrogens with zero attached hydrogens (tertiary/aromatic N) is 2. The van der Waals surface area contributed by atoms with Gasteiger partial charge in [0.05, 0.1) is 11.7 Å². The van der Waals surface area contributed by atoms with E-state index >= 15 is 0 Å². The second-order valence-electron chi connectivity index (χ2n) is 6.52. The Bertz CT molecular complexity index is 482. The summed E-state index contributed by atoms with van der Waals surface area (Å²) in [5.41, 5.74) is 0.952. The number of rotatable bonds is 5. The average molecular weight is 275 g/mol. The van der Waals surface area contributed by atoms with Crippen LogP contribution in [0.5, 0.6) is 0 Å². The van der Waals surface area contributed by atoms with Crippen molar-refractivity contribution in [2.45, 2.75) is 58.5 Å². The highest BCUT2D eigenvalue weighted by Crippen LogP contribution is 2.49. The van der Waals surface area contributed by atoms with Crippen LogP contribution in [0.3, 0.4) is 0 Å². The molecular weight excluding hydrogens is 250 g/mol. The first-order valence-corrected chi connectivity index (χ1v) is 7.98. The van der Waals surface area contributed by atoms with E-state index in [0.717, 1.165) is 24.1 Å². The minimum Gasteiger partial charge on any atom is -0.348 e. The third kappa shape index (κ3) is 2.74. The molecule has 2 fully saturated rings. The van der Waals surface area contributed by atoms with Crippen molar-refractivity contribution in [1.82, 2.24) is 15.1 Å². The van der Waals surface area contributed by atoms with E-state index in [1.165, 1.54) is 25.7 Å². The van der Waals surface area contributed by atoms with Crippen molar-refractivity contribution in [1.29, 1.82) is 0 Å². The second kappa shape index (κ2) is 5.58. The highest BCUT2D eigenvalue weighted by Gasteiger charge is 2.40. The van der Waals surface area contributed by atoms with E-state index in [9.17, 15) is 4.79 Å². The number of aromatic nitrogens is 2. The summed E-state index contributed by atoms with van der Waals surface area (Å²) in [5.74, 6) is 2.56. The van der Waals surface area contributed by atoms with Gasteiger partial charge in [-0.3, -0.25) is 9.48 Å². The Balaban J connectivity index is 1.51. The summed E-state index contributed by atoms with van der Waals surface area (Å²) in [4.78, 5) is 12.2. The summed E-state index contributed by atoms with van der Waals surface area (Å²) in [6.45, 7) is 4.95. The Morgan fingerprint density at radius 3 is 2.95 bits per heavy atom. The van der Waals surface area contributed by atoms with Gasteiger partial charge in [0.2, 0.25) is 5.91 Å². The van der Waals surface area contributed by atoms with Crippen LogP contribution in [0.1, 0.15) is 57.7 Å². The molecule has 1 aromatic rings. The first-order valence-electron chi connectivity index (χ1n) is 7.98. The molecule has 1 N–H and O–H groups in total. The van der Waals surface area contributed by atoms with Crippen LogP contribution in [0.15, 0.2) is 12.3 Å². The molecule has 2 bridgehead atoms. The molecule has 0 spiro atoms. The highest BCUT2D eigenvalue weighted by molar-refractivity contribution is 5.76. The monoisotopic (exact) mass is 275 g/mol. The topological polar surface area (TPSA) is 46.9 Å². The van der Waals surface area contributed by atoms with Gasteiger partial charge in [0.1, 0.15) is 0 Å². The van der Waals surface area contributed by atoms with Gasteiger partial charge in [-0.1, -0.05) is 6.42 Å². The maximum Gasteiger partial charge on any atom is 0.220 e. The van der Waals surface area contributed by atoms with Crippen molar-refractivity contribution >= 4 is 5.91 Å². The van der Waals surface area contributed by atoms with Crippen molar-refractivity contribution in [3.63, 3.8) is 0 Å². The van der Waals surface area contributed by atoms with Gasteiger partial charge >= 0.3 is 0 Å². The van der Waals surface area contributed by atoms with Gasteiger partial charge < -0.3 is 5.32 Å². The normalized spacial score (nSPS) is 29.6. The fraction of sp³-hybridized carbons (Fsp3) is 0.750. The number of hydrogen-bond acceptors (Lipinski definition) is 2. The van der Waals surface area contributed by atoms with Crippen LogP contribution in [-0.2, 0) is 11.3 Å². The molecule has 1 amide bonds. The van der Waals surface area contributed by atoms with Crippen LogP contribution in [0, 0.1) is 17.8 Å². The molecule has 0 saturated heterocycles. The van der Waals surface area contributed by atoms with Gasteiger partial charge in [0.25, 0.3) is 0 Å². The van der Waals surface area contributed by atoms with E-state index in [1.807, 2.05) is 23.9 Å². The van der Waals surface area contributed by atoms with Gasteiger partial charge in [-0.25, -0.2) is 0 Å². The Morgan fingerprint density at radius 1 is 1.50 bits per heavy atom. The third-order valence-electron chi connectivity index (χ3n) is 5.14. The van der Waals surface area contributed by atoms with Crippen molar-refractivity contribution in [3.05, 3.63) is 18.0 Å². The van der Waals surface area contributed by atoms with Gasteiger partial charge in [0, 0.05) is 19.2 Å².